The lowest BCUT2D eigenvalue weighted by molar-refractivity contribution is 0.144. The Kier molecular flexibility index (Phi) is 4.25. The second kappa shape index (κ2) is 5.72. The van der Waals surface area contributed by atoms with E-state index in [1.54, 1.807) is 7.11 Å². The van der Waals surface area contributed by atoms with Crippen LogP contribution in [0.15, 0.2) is 12.1 Å². The first kappa shape index (κ1) is 13.4. The van der Waals surface area contributed by atoms with E-state index in [1.807, 2.05) is 0 Å². The molecule has 1 saturated heterocycles. The summed E-state index contributed by atoms with van der Waals surface area (Å²) in [7, 11) is 1.71. The molecule has 0 bridgehead atoms. The molecule has 1 unspecified atom stereocenters. The number of aryl methyl sites for hydroxylation is 2. The quantitative estimate of drug-likeness (QED) is 0.889. The molecule has 1 heterocycles. The summed E-state index contributed by atoms with van der Waals surface area (Å²) in [6.45, 7) is 6.45. The molecule has 1 N–H and O–H groups in total. The summed E-state index contributed by atoms with van der Waals surface area (Å²) in [5.74, 6) is 0.923. The summed E-state index contributed by atoms with van der Waals surface area (Å²) < 4.78 is 5.54. The maximum absolute atomic E-state index is 9.74. The van der Waals surface area contributed by atoms with Gasteiger partial charge in [-0.2, -0.15) is 0 Å². The molecule has 100 valence electrons. The van der Waals surface area contributed by atoms with E-state index in [-0.39, 0.29) is 12.6 Å². The van der Waals surface area contributed by atoms with E-state index in [1.165, 1.54) is 18.4 Å². The molecular formula is C15H23NO2. The maximum atomic E-state index is 9.74. The average Bonchev–Trinajstić information content (AvgIpc) is 2.83. The zero-order valence-electron chi connectivity index (χ0n) is 11.6. The highest BCUT2D eigenvalue weighted by Gasteiger charge is 2.26. The van der Waals surface area contributed by atoms with Gasteiger partial charge in [0.05, 0.1) is 19.8 Å². The normalized spacial score (nSPS) is 18.0. The molecule has 0 radical (unpaired) electrons. The van der Waals surface area contributed by atoms with Crippen molar-refractivity contribution in [3.05, 3.63) is 28.8 Å². The second-order valence-electron chi connectivity index (χ2n) is 5.15. The summed E-state index contributed by atoms with van der Waals surface area (Å²) in [5, 5.41) is 9.74. The SMILES string of the molecule is COc1c(C)cc(C)cc1C(CO)N1CCCC1. The fraction of sp³-hybridized carbons (Fsp3) is 0.600. The molecule has 3 heteroatoms. The number of benzene rings is 1. The topological polar surface area (TPSA) is 32.7 Å². The molecule has 18 heavy (non-hydrogen) atoms. The molecule has 1 atom stereocenters. The summed E-state index contributed by atoms with van der Waals surface area (Å²) in [4.78, 5) is 2.36. The Balaban J connectivity index is 2.39. The molecule has 0 aromatic heterocycles. The van der Waals surface area contributed by atoms with Crippen LogP contribution in [-0.4, -0.2) is 36.8 Å². The Morgan fingerprint density at radius 1 is 1.28 bits per heavy atom. The predicted octanol–water partition coefficient (Wildman–Crippen LogP) is 2.44. The third-order valence-electron chi connectivity index (χ3n) is 3.77. The van der Waals surface area contributed by atoms with E-state index in [9.17, 15) is 5.11 Å². The zero-order chi connectivity index (χ0) is 13.1. The molecule has 0 spiro atoms. The lowest BCUT2D eigenvalue weighted by Crippen LogP contribution is -2.28. The van der Waals surface area contributed by atoms with Crippen molar-refractivity contribution in [2.24, 2.45) is 0 Å². The Bertz CT molecular complexity index is 411. The molecule has 1 aromatic rings. The van der Waals surface area contributed by atoms with Crippen LogP contribution in [0.2, 0.25) is 0 Å². The minimum absolute atomic E-state index is 0.0704. The summed E-state index contributed by atoms with van der Waals surface area (Å²) >= 11 is 0. The molecule has 1 aliphatic rings. The average molecular weight is 249 g/mol. The Morgan fingerprint density at radius 2 is 1.94 bits per heavy atom. The van der Waals surface area contributed by atoms with Crippen LogP contribution in [0.4, 0.5) is 0 Å². The lowest BCUT2D eigenvalue weighted by atomic mass is 9.99. The van der Waals surface area contributed by atoms with Crippen molar-refractivity contribution in [1.82, 2.24) is 4.90 Å². The van der Waals surface area contributed by atoms with Gasteiger partial charge in [-0.1, -0.05) is 17.7 Å². The van der Waals surface area contributed by atoms with E-state index >= 15 is 0 Å². The number of ether oxygens (including phenoxy) is 1. The highest BCUT2D eigenvalue weighted by Crippen LogP contribution is 2.34. The fourth-order valence-electron chi connectivity index (χ4n) is 2.98. The molecule has 0 aliphatic carbocycles. The fourth-order valence-corrected chi connectivity index (χ4v) is 2.98. The molecule has 1 fully saturated rings. The van der Waals surface area contributed by atoms with Gasteiger partial charge in [0, 0.05) is 5.56 Å². The third-order valence-corrected chi connectivity index (χ3v) is 3.77. The van der Waals surface area contributed by atoms with Crippen LogP contribution in [0.25, 0.3) is 0 Å². The van der Waals surface area contributed by atoms with Gasteiger partial charge in [-0.25, -0.2) is 0 Å². The summed E-state index contributed by atoms with van der Waals surface area (Å²) in [5.41, 5.74) is 3.49. The lowest BCUT2D eigenvalue weighted by Gasteiger charge is -2.28. The number of nitrogens with zero attached hydrogens (tertiary/aromatic N) is 1. The Hall–Kier alpha value is -1.06. The third kappa shape index (κ3) is 2.52. The minimum atomic E-state index is 0.0704. The van der Waals surface area contributed by atoms with Gasteiger partial charge in [0.25, 0.3) is 0 Å². The van der Waals surface area contributed by atoms with Crippen LogP contribution in [0.5, 0.6) is 5.75 Å². The summed E-state index contributed by atoms with van der Waals surface area (Å²) in [6.07, 6.45) is 2.45. The highest BCUT2D eigenvalue weighted by atomic mass is 16.5. The summed E-state index contributed by atoms with van der Waals surface area (Å²) in [6, 6.07) is 4.34. The van der Waals surface area contributed by atoms with E-state index < -0.39 is 0 Å². The number of aliphatic hydroxyl groups is 1. The molecule has 1 aliphatic heterocycles. The van der Waals surface area contributed by atoms with Crippen molar-refractivity contribution < 1.29 is 9.84 Å². The van der Waals surface area contributed by atoms with Crippen molar-refractivity contribution >= 4 is 0 Å². The largest absolute Gasteiger partial charge is 0.496 e. The van der Waals surface area contributed by atoms with E-state index in [2.05, 4.69) is 30.9 Å². The van der Waals surface area contributed by atoms with E-state index in [0.29, 0.717) is 0 Å². The van der Waals surface area contributed by atoms with Gasteiger partial charge in [0.2, 0.25) is 0 Å². The van der Waals surface area contributed by atoms with Crippen molar-refractivity contribution in [2.45, 2.75) is 32.7 Å². The van der Waals surface area contributed by atoms with Crippen LogP contribution in [0.1, 0.15) is 35.6 Å². The monoisotopic (exact) mass is 249 g/mol. The van der Waals surface area contributed by atoms with Gasteiger partial charge < -0.3 is 9.84 Å². The second-order valence-corrected chi connectivity index (χ2v) is 5.15. The van der Waals surface area contributed by atoms with Crippen LogP contribution < -0.4 is 4.74 Å². The van der Waals surface area contributed by atoms with Gasteiger partial charge in [0.1, 0.15) is 5.75 Å². The molecule has 2 rings (SSSR count). The number of likely N-dealkylation sites (tertiary alicyclic amines) is 1. The van der Waals surface area contributed by atoms with Crippen LogP contribution >= 0.6 is 0 Å². The number of aliphatic hydroxyl groups excluding tert-OH is 1. The first-order valence-corrected chi connectivity index (χ1v) is 6.67. The number of hydrogen-bond acceptors (Lipinski definition) is 3. The number of rotatable bonds is 4. The Labute approximate surface area is 109 Å². The Morgan fingerprint density at radius 3 is 2.50 bits per heavy atom. The van der Waals surface area contributed by atoms with Gasteiger partial charge in [-0.05, 0) is 45.3 Å². The smallest absolute Gasteiger partial charge is 0.126 e. The van der Waals surface area contributed by atoms with E-state index in [0.717, 1.165) is 30.0 Å². The molecule has 1 aromatic carbocycles. The standard InChI is InChI=1S/C15H23NO2/c1-11-8-12(2)15(18-3)13(9-11)14(10-17)16-6-4-5-7-16/h8-9,14,17H,4-7,10H2,1-3H3. The van der Waals surface area contributed by atoms with Crippen LogP contribution in [-0.2, 0) is 0 Å². The van der Waals surface area contributed by atoms with Gasteiger partial charge in [-0.15, -0.1) is 0 Å². The van der Waals surface area contributed by atoms with Gasteiger partial charge in [-0.3, -0.25) is 4.90 Å². The molecule has 0 amide bonds. The highest BCUT2D eigenvalue weighted by molar-refractivity contribution is 5.45. The minimum Gasteiger partial charge on any atom is -0.496 e. The zero-order valence-corrected chi connectivity index (χ0v) is 11.6. The van der Waals surface area contributed by atoms with Crippen LogP contribution in [0, 0.1) is 13.8 Å². The van der Waals surface area contributed by atoms with Crippen molar-refractivity contribution in [3.63, 3.8) is 0 Å². The molecule has 0 saturated carbocycles. The van der Waals surface area contributed by atoms with Gasteiger partial charge >= 0.3 is 0 Å². The van der Waals surface area contributed by atoms with E-state index in [4.69, 9.17) is 4.74 Å². The number of hydrogen-bond donors (Lipinski definition) is 1. The molecule has 3 nitrogen and oxygen atoms in total. The van der Waals surface area contributed by atoms with Crippen LogP contribution in [0.3, 0.4) is 0 Å². The first-order chi connectivity index (χ1) is 8.67. The van der Waals surface area contributed by atoms with Crippen molar-refractivity contribution in [3.8, 4) is 5.75 Å². The first-order valence-electron chi connectivity index (χ1n) is 6.67. The van der Waals surface area contributed by atoms with Crippen molar-refractivity contribution in [1.29, 1.82) is 0 Å². The maximum Gasteiger partial charge on any atom is 0.126 e. The molecular weight excluding hydrogens is 226 g/mol. The van der Waals surface area contributed by atoms with Gasteiger partial charge in [0.15, 0.2) is 0 Å². The predicted molar refractivity (Wildman–Crippen MR) is 73.1 cm³/mol. The number of methoxy groups -OCH3 is 1. The van der Waals surface area contributed by atoms with Crippen molar-refractivity contribution in [2.75, 3.05) is 26.8 Å².